The van der Waals surface area contributed by atoms with Crippen LogP contribution in [0.1, 0.15) is 36.0 Å². The van der Waals surface area contributed by atoms with E-state index in [0.717, 1.165) is 4.68 Å². The average molecular weight is 320 g/mol. The molecule has 0 saturated carbocycles. The third kappa shape index (κ3) is 3.43. The molecule has 2 aromatic heterocycles. The van der Waals surface area contributed by atoms with Crippen LogP contribution in [0.15, 0.2) is 10.8 Å². The van der Waals surface area contributed by atoms with Crippen molar-refractivity contribution in [2.24, 2.45) is 7.05 Å². The number of sulfone groups is 1. The van der Waals surface area contributed by atoms with Crippen molar-refractivity contribution in [1.29, 1.82) is 0 Å². The fourth-order valence-corrected chi connectivity index (χ4v) is 3.40. The first-order chi connectivity index (χ1) is 9.84. The molecule has 116 valence electrons. The number of alkyl halides is 2. The zero-order valence-electron chi connectivity index (χ0n) is 11.5. The highest BCUT2D eigenvalue weighted by atomic mass is 32.2. The van der Waals surface area contributed by atoms with Crippen LogP contribution < -0.4 is 0 Å². The molecule has 0 aliphatic rings. The first-order valence-corrected chi connectivity index (χ1v) is 7.95. The Morgan fingerprint density at radius 2 is 2.05 bits per heavy atom. The standard InChI is InChI=1S/C11H14F2N4O3S/c1-3-8-7(4-20-15-8)5-21(18,19)6-9-10(11(12)13)17(2)16-14-9/h4,11H,3,5-6H2,1-2H3. The fraction of sp³-hybridized carbons (Fsp3) is 0.545. The molecular formula is C11H14F2N4O3S. The van der Waals surface area contributed by atoms with Gasteiger partial charge in [0, 0.05) is 12.6 Å². The average Bonchev–Trinajstić information content (AvgIpc) is 2.95. The van der Waals surface area contributed by atoms with E-state index in [0.29, 0.717) is 17.7 Å². The summed E-state index contributed by atoms with van der Waals surface area (Å²) in [4.78, 5) is 0. The number of nitrogens with zero attached hydrogens (tertiary/aromatic N) is 4. The van der Waals surface area contributed by atoms with Gasteiger partial charge in [-0.15, -0.1) is 5.10 Å². The summed E-state index contributed by atoms with van der Waals surface area (Å²) in [5.41, 5.74) is 0.244. The van der Waals surface area contributed by atoms with Crippen molar-refractivity contribution in [1.82, 2.24) is 20.2 Å². The van der Waals surface area contributed by atoms with Crippen molar-refractivity contribution in [3.05, 3.63) is 28.9 Å². The van der Waals surface area contributed by atoms with E-state index in [-0.39, 0.29) is 11.4 Å². The maximum Gasteiger partial charge on any atom is 0.281 e. The van der Waals surface area contributed by atoms with Crippen LogP contribution in [0.3, 0.4) is 0 Å². The lowest BCUT2D eigenvalue weighted by atomic mass is 10.2. The van der Waals surface area contributed by atoms with E-state index in [9.17, 15) is 17.2 Å². The van der Waals surface area contributed by atoms with Crippen LogP contribution in [0.25, 0.3) is 0 Å². The van der Waals surface area contributed by atoms with E-state index in [1.165, 1.54) is 13.3 Å². The lowest BCUT2D eigenvalue weighted by Gasteiger charge is -2.04. The Morgan fingerprint density at radius 3 is 2.67 bits per heavy atom. The van der Waals surface area contributed by atoms with Gasteiger partial charge in [0.25, 0.3) is 6.43 Å². The molecule has 2 heterocycles. The van der Waals surface area contributed by atoms with Gasteiger partial charge in [0.15, 0.2) is 9.84 Å². The maximum absolute atomic E-state index is 12.9. The monoisotopic (exact) mass is 320 g/mol. The molecule has 0 unspecified atom stereocenters. The van der Waals surface area contributed by atoms with Crippen molar-refractivity contribution in [3.8, 4) is 0 Å². The zero-order valence-corrected chi connectivity index (χ0v) is 12.3. The van der Waals surface area contributed by atoms with Gasteiger partial charge in [-0.3, -0.25) is 0 Å². The summed E-state index contributed by atoms with van der Waals surface area (Å²) in [6.45, 7) is 1.81. The van der Waals surface area contributed by atoms with E-state index in [1.54, 1.807) is 0 Å². The van der Waals surface area contributed by atoms with Gasteiger partial charge in [-0.05, 0) is 6.42 Å². The van der Waals surface area contributed by atoms with Gasteiger partial charge in [-0.25, -0.2) is 21.9 Å². The molecule has 0 bridgehead atoms. The smallest absolute Gasteiger partial charge is 0.281 e. The summed E-state index contributed by atoms with van der Waals surface area (Å²) >= 11 is 0. The minimum absolute atomic E-state index is 0.234. The van der Waals surface area contributed by atoms with Crippen LogP contribution in [0.4, 0.5) is 8.78 Å². The van der Waals surface area contributed by atoms with Crippen LogP contribution in [0.2, 0.25) is 0 Å². The van der Waals surface area contributed by atoms with Crippen LogP contribution in [-0.2, 0) is 34.8 Å². The lowest BCUT2D eigenvalue weighted by molar-refractivity contribution is 0.140. The summed E-state index contributed by atoms with van der Waals surface area (Å²) in [5, 5.41) is 10.6. The first-order valence-electron chi connectivity index (χ1n) is 6.13. The molecule has 0 aliphatic carbocycles. The Hall–Kier alpha value is -1.84. The van der Waals surface area contributed by atoms with Gasteiger partial charge in [-0.2, -0.15) is 0 Å². The van der Waals surface area contributed by atoms with Gasteiger partial charge in [0.2, 0.25) is 0 Å². The van der Waals surface area contributed by atoms with Crippen LogP contribution in [-0.4, -0.2) is 28.6 Å². The molecule has 0 radical (unpaired) electrons. The molecule has 0 N–H and O–H groups in total. The van der Waals surface area contributed by atoms with Crippen LogP contribution in [0, 0.1) is 0 Å². The van der Waals surface area contributed by atoms with E-state index < -0.39 is 27.7 Å². The van der Waals surface area contributed by atoms with Crippen LogP contribution in [0.5, 0.6) is 0 Å². The Balaban J connectivity index is 2.22. The minimum Gasteiger partial charge on any atom is -0.364 e. The summed E-state index contributed by atoms with van der Waals surface area (Å²) in [6.07, 6.45) is -1.06. The van der Waals surface area contributed by atoms with Gasteiger partial charge in [0.1, 0.15) is 17.7 Å². The second kappa shape index (κ2) is 5.88. The summed E-state index contributed by atoms with van der Waals surface area (Å²) in [6, 6.07) is 0. The quantitative estimate of drug-likeness (QED) is 0.799. The second-order valence-corrected chi connectivity index (χ2v) is 6.58. The summed E-state index contributed by atoms with van der Waals surface area (Å²) < 4.78 is 55.6. The van der Waals surface area contributed by atoms with Gasteiger partial charge in [0.05, 0.1) is 17.2 Å². The number of rotatable bonds is 6. The Bertz CT molecular complexity index is 724. The van der Waals surface area contributed by atoms with Gasteiger partial charge < -0.3 is 4.52 Å². The summed E-state index contributed by atoms with van der Waals surface area (Å²) in [7, 11) is -2.39. The van der Waals surface area contributed by atoms with Crippen molar-refractivity contribution < 1.29 is 21.7 Å². The number of hydrogen-bond acceptors (Lipinski definition) is 6. The third-order valence-corrected chi connectivity index (χ3v) is 4.41. The molecule has 0 aliphatic heterocycles. The molecule has 0 spiro atoms. The molecule has 2 aromatic rings. The molecule has 2 rings (SSSR count). The van der Waals surface area contributed by atoms with Crippen molar-refractivity contribution >= 4 is 9.84 Å². The first kappa shape index (κ1) is 15.5. The summed E-state index contributed by atoms with van der Waals surface area (Å²) in [5.74, 6) is -0.937. The molecule has 7 nitrogen and oxygen atoms in total. The van der Waals surface area contributed by atoms with Gasteiger partial charge in [-0.1, -0.05) is 17.3 Å². The number of aromatic nitrogens is 4. The SMILES string of the molecule is CCc1nocc1CS(=O)(=O)Cc1nnn(C)c1C(F)F. The molecule has 0 aromatic carbocycles. The topological polar surface area (TPSA) is 90.9 Å². The predicted octanol–water partition coefficient (Wildman–Crippen LogP) is 1.42. The highest BCUT2D eigenvalue weighted by Crippen LogP contribution is 2.23. The van der Waals surface area contributed by atoms with E-state index in [2.05, 4.69) is 15.5 Å². The maximum atomic E-state index is 12.9. The normalized spacial score (nSPS) is 12.2. The zero-order chi connectivity index (χ0) is 15.6. The van der Waals surface area contributed by atoms with Crippen LogP contribution >= 0.6 is 0 Å². The molecule has 0 fully saturated rings. The third-order valence-electron chi connectivity index (χ3n) is 2.95. The number of aryl methyl sites for hydroxylation is 2. The molecule has 0 saturated heterocycles. The van der Waals surface area contributed by atoms with Crippen molar-refractivity contribution in [2.45, 2.75) is 31.3 Å². The van der Waals surface area contributed by atoms with Crippen molar-refractivity contribution in [2.75, 3.05) is 0 Å². The Labute approximate surface area is 119 Å². The molecule has 21 heavy (non-hydrogen) atoms. The Kier molecular flexibility index (Phi) is 4.35. The number of halogens is 2. The molecular weight excluding hydrogens is 306 g/mol. The molecule has 0 atom stereocenters. The van der Waals surface area contributed by atoms with Gasteiger partial charge >= 0.3 is 0 Å². The predicted molar refractivity (Wildman–Crippen MR) is 68.2 cm³/mol. The molecule has 10 heteroatoms. The fourth-order valence-electron chi connectivity index (χ4n) is 1.96. The molecule has 0 amide bonds. The second-order valence-electron chi connectivity index (χ2n) is 4.52. The van der Waals surface area contributed by atoms with E-state index >= 15 is 0 Å². The highest BCUT2D eigenvalue weighted by Gasteiger charge is 2.25. The number of hydrogen-bond donors (Lipinski definition) is 0. The minimum atomic E-state index is -3.68. The largest absolute Gasteiger partial charge is 0.364 e. The van der Waals surface area contributed by atoms with E-state index in [1.807, 2.05) is 6.92 Å². The highest BCUT2D eigenvalue weighted by molar-refractivity contribution is 7.89. The Morgan fingerprint density at radius 1 is 1.33 bits per heavy atom. The van der Waals surface area contributed by atoms with E-state index in [4.69, 9.17) is 4.52 Å². The van der Waals surface area contributed by atoms with Crippen molar-refractivity contribution in [3.63, 3.8) is 0 Å². The lowest BCUT2D eigenvalue weighted by Crippen LogP contribution is -2.11.